The van der Waals surface area contributed by atoms with Crippen molar-refractivity contribution in [3.8, 4) is 23.0 Å². The summed E-state index contributed by atoms with van der Waals surface area (Å²) in [7, 11) is -3.41. The number of phenols is 1. The Bertz CT molecular complexity index is 606. The van der Waals surface area contributed by atoms with Crippen LogP contribution in [0.25, 0.3) is 0 Å². The number of rotatable bonds is 5. The molecule has 0 unspecified atom stereocenters. The molecule has 0 saturated carbocycles. The molecule has 0 aliphatic carbocycles. The Hall–Kier alpha value is -1.19. The molecule has 0 saturated heterocycles. The third-order valence-corrected chi connectivity index (χ3v) is 14.7. The Morgan fingerprint density at radius 1 is 1.04 bits per heavy atom. The Kier molecular flexibility index (Phi) is 6.78. The molecule has 0 spiro atoms. The van der Waals surface area contributed by atoms with Crippen LogP contribution >= 0.6 is 0 Å². The van der Waals surface area contributed by atoms with Crippen LogP contribution in [0.1, 0.15) is 47.1 Å². The zero-order valence-electron chi connectivity index (χ0n) is 16.7. The van der Waals surface area contributed by atoms with Crippen LogP contribution in [-0.2, 0) is 0 Å². The Morgan fingerprint density at radius 3 is 2.04 bits per heavy atom. The second-order valence-corrected chi connectivity index (χ2v) is 17.8. The van der Waals surface area contributed by atoms with Gasteiger partial charge in [0.15, 0.2) is 0 Å². The molecular weight excluding hydrogens is 328 g/mol. The van der Waals surface area contributed by atoms with Gasteiger partial charge in [0.25, 0.3) is 0 Å². The largest absolute Gasteiger partial charge is 0.543 e. The molecule has 0 radical (unpaired) electrons. The summed E-state index contributed by atoms with van der Waals surface area (Å²) in [5.41, 5.74) is 4.24. The van der Waals surface area contributed by atoms with Gasteiger partial charge in [-0.1, -0.05) is 47.5 Å². The summed E-state index contributed by atoms with van der Waals surface area (Å²) in [6.45, 7) is 17.9. The highest BCUT2D eigenvalue weighted by Gasteiger charge is 2.39. The van der Waals surface area contributed by atoms with E-state index in [4.69, 9.17) is 4.43 Å². The molecule has 0 aliphatic rings. The van der Waals surface area contributed by atoms with E-state index in [-0.39, 0.29) is 10.8 Å². The first-order chi connectivity index (χ1) is 11.0. The van der Waals surface area contributed by atoms with Gasteiger partial charge in [-0.3, -0.25) is 0 Å². The predicted molar refractivity (Wildman–Crippen MR) is 110 cm³/mol. The van der Waals surface area contributed by atoms with Crippen molar-refractivity contribution in [3.63, 3.8) is 0 Å². The van der Waals surface area contributed by atoms with Crippen molar-refractivity contribution in [1.82, 2.24) is 0 Å². The van der Waals surface area contributed by atoms with E-state index in [1.807, 2.05) is 12.1 Å². The molecule has 4 heteroatoms. The lowest BCUT2D eigenvalue weighted by Crippen LogP contribution is -2.43. The molecule has 24 heavy (non-hydrogen) atoms. The normalized spacial score (nSPS) is 12.5. The van der Waals surface area contributed by atoms with Gasteiger partial charge in [-0.15, -0.1) is 5.54 Å². The molecule has 1 aromatic carbocycles. The van der Waals surface area contributed by atoms with Crippen molar-refractivity contribution in [1.29, 1.82) is 0 Å². The highest BCUT2D eigenvalue weighted by atomic mass is 28.4. The third kappa shape index (κ3) is 4.91. The molecule has 134 valence electrons. The van der Waals surface area contributed by atoms with Gasteiger partial charge in [-0.2, -0.15) is 0 Å². The van der Waals surface area contributed by atoms with Crippen LogP contribution in [0, 0.1) is 11.5 Å². The summed E-state index contributed by atoms with van der Waals surface area (Å²) in [5, 5.41) is 10.3. The van der Waals surface area contributed by atoms with Crippen molar-refractivity contribution in [2.75, 3.05) is 0 Å². The quantitative estimate of drug-likeness (QED) is 0.501. The van der Waals surface area contributed by atoms with Gasteiger partial charge in [-0.05, 0) is 54.5 Å². The van der Waals surface area contributed by atoms with E-state index in [1.165, 1.54) is 0 Å². The fourth-order valence-electron chi connectivity index (χ4n) is 2.34. The first-order valence-corrected chi connectivity index (χ1v) is 14.6. The number of hydrogen-bond donors (Lipinski definition) is 1. The summed E-state index contributed by atoms with van der Waals surface area (Å²) in [6.07, 6.45) is 0. The van der Waals surface area contributed by atoms with Crippen LogP contribution in [0.4, 0.5) is 0 Å². The standard InChI is InChI=1S/C20H34O2Si2/c1-9-24(10-2,11-3)15-14-17-16-18(12-13-19(17)21)22-23(7,8)20(4,5)6/h12-13,16,21H,9-11H2,1-8H3. The van der Waals surface area contributed by atoms with E-state index in [1.54, 1.807) is 6.07 Å². The zero-order valence-corrected chi connectivity index (χ0v) is 18.7. The highest BCUT2D eigenvalue weighted by Crippen LogP contribution is 2.38. The van der Waals surface area contributed by atoms with E-state index >= 15 is 0 Å². The smallest absolute Gasteiger partial charge is 0.250 e. The Labute approximate surface area is 150 Å². The average molecular weight is 363 g/mol. The second kappa shape index (κ2) is 7.80. The first-order valence-electron chi connectivity index (χ1n) is 9.05. The van der Waals surface area contributed by atoms with Crippen molar-refractivity contribution < 1.29 is 9.53 Å². The van der Waals surface area contributed by atoms with Crippen LogP contribution < -0.4 is 4.43 Å². The summed E-state index contributed by atoms with van der Waals surface area (Å²) >= 11 is 0. The minimum atomic E-state index is -1.89. The van der Waals surface area contributed by atoms with E-state index in [9.17, 15) is 5.11 Å². The monoisotopic (exact) mass is 362 g/mol. The number of phenolic OH excluding ortho intramolecular Hbond substituents is 1. The maximum absolute atomic E-state index is 10.2. The van der Waals surface area contributed by atoms with Crippen molar-refractivity contribution in [3.05, 3.63) is 23.8 Å². The van der Waals surface area contributed by atoms with Crippen LogP contribution in [-0.4, -0.2) is 21.5 Å². The third-order valence-electron chi connectivity index (χ3n) is 5.64. The van der Waals surface area contributed by atoms with E-state index in [0.29, 0.717) is 5.56 Å². The van der Waals surface area contributed by atoms with E-state index < -0.39 is 16.4 Å². The van der Waals surface area contributed by atoms with Crippen LogP contribution in [0.3, 0.4) is 0 Å². The Morgan fingerprint density at radius 2 is 1.58 bits per heavy atom. The molecule has 0 amide bonds. The lowest BCUT2D eigenvalue weighted by atomic mass is 10.2. The van der Waals surface area contributed by atoms with Gasteiger partial charge in [0, 0.05) is 0 Å². The molecule has 0 atom stereocenters. The number of aromatic hydroxyl groups is 1. The average Bonchev–Trinajstić information content (AvgIpc) is 2.50. The number of benzene rings is 1. The maximum atomic E-state index is 10.2. The molecule has 0 aliphatic heterocycles. The fourth-order valence-corrected chi connectivity index (χ4v) is 5.79. The molecule has 2 nitrogen and oxygen atoms in total. The van der Waals surface area contributed by atoms with Crippen LogP contribution in [0.5, 0.6) is 11.5 Å². The highest BCUT2D eigenvalue weighted by molar-refractivity contribution is 6.87. The fraction of sp³-hybridized carbons (Fsp3) is 0.600. The van der Waals surface area contributed by atoms with Gasteiger partial charge in [0.2, 0.25) is 8.32 Å². The SMILES string of the molecule is CC[Si](C#Cc1cc(O[Si](C)(C)C(C)(C)C)ccc1O)(CC)CC. The molecule has 1 rings (SSSR count). The van der Waals surface area contributed by atoms with Crippen molar-refractivity contribution in [2.24, 2.45) is 0 Å². The molecule has 0 bridgehead atoms. The molecule has 0 aromatic heterocycles. The maximum Gasteiger partial charge on any atom is 0.250 e. The van der Waals surface area contributed by atoms with Crippen LogP contribution in [0.2, 0.25) is 36.3 Å². The topological polar surface area (TPSA) is 29.5 Å². The molecular formula is C20H34O2Si2. The molecule has 1 aromatic rings. The van der Waals surface area contributed by atoms with Crippen molar-refractivity contribution >= 4 is 16.4 Å². The van der Waals surface area contributed by atoms with E-state index in [2.05, 4.69) is 66.1 Å². The summed E-state index contributed by atoms with van der Waals surface area (Å²) < 4.78 is 6.34. The summed E-state index contributed by atoms with van der Waals surface area (Å²) in [5.74, 6) is 4.34. The van der Waals surface area contributed by atoms with E-state index in [0.717, 1.165) is 23.9 Å². The van der Waals surface area contributed by atoms with Gasteiger partial charge in [0.05, 0.1) is 5.56 Å². The summed E-state index contributed by atoms with van der Waals surface area (Å²) in [6, 6.07) is 8.95. The van der Waals surface area contributed by atoms with Gasteiger partial charge in [-0.25, -0.2) is 0 Å². The predicted octanol–water partition coefficient (Wildman–Crippen LogP) is 6.18. The zero-order chi connectivity index (χ0) is 18.6. The minimum Gasteiger partial charge on any atom is -0.543 e. The molecule has 1 N–H and O–H groups in total. The first kappa shape index (κ1) is 20.9. The lowest BCUT2D eigenvalue weighted by molar-refractivity contribution is 0.467. The molecule has 0 heterocycles. The van der Waals surface area contributed by atoms with Crippen molar-refractivity contribution in [2.45, 2.75) is 77.8 Å². The van der Waals surface area contributed by atoms with Gasteiger partial charge >= 0.3 is 0 Å². The Balaban J connectivity index is 3.17. The lowest BCUT2D eigenvalue weighted by Gasteiger charge is -2.36. The molecule has 0 fully saturated rings. The summed E-state index contributed by atoms with van der Waals surface area (Å²) in [4.78, 5) is 0. The van der Waals surface area contributed by atoms with Gasteiger partial charge in [0.1, 0.15) is 19.6 Å². The number of hydrogen-bond acceptors (Lipinski definition) is 2. The van der Waals surface area contributed by atoms with Gasteiger partial charge < -0.3 is 9.53 Å². The second-order valence-electron chi connectivity index (χ2n) is 8.13. The van der Waals surface area contributed by atoms with Crippen LogP contribution in [0.15, 0.2) is 18.2 Å². The minimum absolute atomic E-state index is 0.144.